The second-order valence-electron chi connectivity index (χ2n) is 6.63. The van der Waals surface area contributed by atoms with Gasteiger partial charge in [0.1, 0.15) is 0 Å². The van der Waals surface area contributed by atoms with Crippen LogP contribution in [0.1, 0.15) is 32.8 Å². The lowest BCUT2D eigenvalue weighted by Crippen LogP contribution is -2.39. The highest BCUT2D eigenvalue weighted by Crippen LogP contribution is 2.39. The zero-order chi connectivity index (χ0) is 18.2. The summed E-state index contributed by atoms with van der Waals surface area (Å²) in [7, 11) is 0. The Hall–Kier alpha value is -2.02. The maximum absolute atomic E-state index is 13.1. The number of carbonyl (C=O) groups excluding carboxylic acids is 1. The summed E-state index contributed by atoms with van der Waals surface area (Å²) in [5.41, 5.74) is 2.34. The number of thiazole rings is 1. The van der Waals surface area contributed by atoms with Gasteiger partial charge in [0.25, 0.3) is 0 Å². The van der Waals surface area contributed by atoms with E-state index in [0.717, 1.165) is 23.5 Å². The first-order chi connectivity index (χ1) is 13.3. The zero-order valence-electron chi connectivity index (χ0n) is 14.6. The maximum Gasteiger partial charge on any atom is 0.223 e. The molecule has 1 aliphatic heterocycles. The van der Waals surface area contributed by atoms with Crippen molar-refractivity contribution in [3.8, 4) is 0 Å². The molecule has 136 valence electrons. The molecule has 1 amide bonds. The Morgan fingerprint density at radius 2 is 2.04 bits per heavy atom. The van der Waals surface area contributed by atoms with E-state index in [1.165, 1.54) is 20.0 Å². The summed E-state index contributed by atoms with van der Waals surface area (Å²) >= 11 is 5.24. The number of fused-ring (bicyclic) bond motifs is 2. The van der Waals surface area contributed by atoms with Crippen LogP contribution >= 0.6 is 34.0 Å². The molecule has 0 spiro atoms. The van der Waals surface area contributed by atoms with Gasteiger partial charge in [-0.1, -0.05) is 18.2 Å². The highest BCUT2D eigenvalue weighted by atomic mass is 32.1. The molecule has 0 aliphatic carbocycles. The monoisotopic (exact) mass is 410 g/mol. The molecule has 4 aromatic rings. The van der Waals surface area contributed by atoms with Crippen molar-refractivity contribution < 1.29 is 4.79 Å². The highest BCUT2D eigenvalue weighted by Gasteiger charge is 2.33. The van der Waals surface area contributed by atoms with Crippen molar-refractivity contribution >= 4 is 50.1 Å². The fourth-order valence-corrected chi connectivity index (χ4v) is 6.45. The van der Waals surface area contributed by atoms with Gasteiger partial charge in [-0.2, -0.15) is 0 Å². The van der Waals surface area contributed by atoms with Gasteiger partial charge in [-0.3, -0.25) is 4.79 Å². The first kappa shape index (κ1) is 17.1. The number of amides is 1. The Morgan fingerprint density at radius 3 is 2.89 bits per heavy atom. The molecule has 3 nitrogen and oxygen atoms in total. The number of rotatable bonds is 4. The van der Waals surface area contributed by atoms with Gasteiger partial charge in [0.15, 0.2) is 0 Å². The topological polar surface area (TPSA) is 33.2 Å². The minimum atomic E-state index is 0.0721. The Balaban J connectivity index is 1.37. The van der Waals surface area contributed by atoms with E-state index in [2.05, 4.69) is 44.9 Å². The summed E-state index contributed by atoms with van der Waals surface area (Å²) in [6.07, 6.45) is 2.19. The number of aromatic nitrogens is 1. The van der Waals surface area contributed by atoms with E-state index in [-0.39, 0.29) is 11.9 Å². The average molecular weight is 411 g/mol. The molecule has 1 aromatic carbocycles. The molecule has 1 aliphatic rings. The Bertz CT molecular complexity index is 1050. The van der Waals surface area contributed by atoms with Crippen molar-refractivity contribution in [2.75, 3.05) is 6.54 Å². The smallest absolute Gasteiger partial charge is 0.223 e. The number of hydrogen-bond acceptors (Lipinski definition) is 5. The molecular weight excluding hydrogens is 392 g/mol. The van der Waals surface area contributed by atoms with Crippen molar-refractivity contribution in [2.45, 2.75) is 25.3 Å². The molecule has 0 saturated carbocycles. The fourth-order valence-electron chi connectivity index (χ4n) is 3.72. The van der Waals surface area contributed by atoms with Gasteiger partial charge in [-0.15, -0.1) is 34.0 Å². The molecule has 0 radical (unpaired) electrons. The van der Waals surface area contributed by atoms with Gasteiger partial charge >= 0.3 is 0 Å². The van der Waals surface area contributed by atoms with E-state index >= 15 is 0 Å². The van der Waals surface area contributed by atoms with Crippen molar-refractivity contribution in [1.29, 1.82) is 0 Å². The molecule has 0 bridgehead atoms. The van der Waals surface area contributed by atoms with Gasteiger partial charge in [0, 0.05) is 29.1 Å². The number of hydrogen-bond donors (Lipinski definition) is 0. The van der Waals surface area contributed by atoms with Gasteiger partial charge in [0.2, 0.25) is 5.91 Å². The van der Waals surface area contributed by atoms with Crippen LogP contribution in [0.3, 0.4) is 0 Å². The molecule has 0 N–H and O–H groups in total. The molecule has 6 heteroatoms. The van der Waals surface area contributed by atoms with Gasteiger partial charge in [-0.25, -0.2) is 4.98 Å². The second-order valence-corrected chi connectivity index (χ2v) is 9.72. The molecule has 5 rings (SSSR count). The van der Waals surface area contributed by atoms with Crippen molar-refractivity contribution in [3.05, 3.63) is 73.6 Å². The van der Waals surface area contributed by atoms with Gasteiger partial charge < -0.3 is 4.90 Å². The SMILES string of the molecule is O=C(CCc1nc2ccccc2s1)N1CCc2sccc2C1c1cccs1. The quantitative estimate of drug-likeness (QED) is 0.443. The van der Waals surface area contributed by atoms with Crippen LogP contribution in [0.15, 0.2) is 53.2 Å². The normalized spacial score (nSPS) is 16.6. The lowest BCUT2D eigenvalue weighted by atomic mass is 9.98. The van der Waals surface area contributed by atoms with Crippen LogP contribution in [-0.4, -0.2) is 22.3 Å². The summed E-state index contributed by atoms with van der Waals surface area (Å²) in [5, 5.41) is 5.30. The van der Waals surface area contributed by atoms with E-state index in [4.69, 9.17) is 0 Å². The molecule has 27 heavy (non-hydrogen) atoms. The van der Waals surface area contributed by atoms with Crippen molar-refractivity contribution in [2.24, 2.45) is 0 Å². The molecule has 3 aromatic heterocycles. The number of aryl methyl sites for hydroxylation is 1. The fraction of sp³-hybridized carbons (Fsp3) is 0.238. The average Bonchev–Trinajstić information content (AvgIpc) is 3.45. The minimum Gasteiger partial charge on any atom is -0.330 e. The molecule has 0 fully saturated rings. The number of benzene rings is 1. The Morgan fingerprint density at radius 1 is 1.11 bits per heavy atom. The molecule has 1 atom stereocenters. The van der Waals surface area contributed by atoms with E-state index in [0.29, 0.717) is 12.8 Å². The largest absolute Gasteiger partial charge is 0.330 e. The predicted octanol–water partition coefficient (Wildman–Crippen LogP) is 5.53. The summed E-state index contributed by atoms with van der Waals surface area (Å²) in [5.74, 6) is 0.226. The first-order valence-corrected chi connectivity index (χ1v) is 11.6. The third kappa shape index (κ3) is 3.22. The van der Waals surface area contributed by atoms with Crippen LogP contribution in [0.5, 0.6) is 0 Å². The second kappa shape index (κ2) is 7.19. The summed E-state index contributed by atoms with van der Waals surface area (Å²) in [6, 6.07) is 14.7. The third-order valence-corrected chi connectivity index (χ3v) is 8.01. The van der Waals surface area contributed by atoms with E-state index in [9.17, 15) is 4.79 Å². The lowest BCUT2D eigenvalue weighted by molar-refractivity contribution is -0.133. The minimum absolute atomic E-state index is 0.0721. The number of thiophene rings is 2. The van der Waals surface area contributed by atoms with Gasteiger partial charge in [0.05, 0.1) is 21.3 Å². The van der Waals surface area contributed by atoms with E-state index in [1.54, 1.807) is 22.7 Å². The number of para-hydroxylation sites is 1. The van der Waals surface area contributed by atoms with Crippen molar-refractivity contribution in [3.63, 3.8) is 0 Å². The van der Waals surface area contributed by atoms with E-state index in [1.807, 2.05) is 29.5 Å². The molecule has 1 unspecified atom stereocenters. The molecule has 4 heterocycles. The van der Waals surface area contributed by atoms with Gasteiger partial charge in [-0.05, 0) is 47.0 Å². The summed E-state index contributed by atoms with van der Waals surface area (Å²) < 4.78 is 1.19. The summed E-state index contributed by atoms with van der Waals surface area (Å²) in [4.78, 5) is 22.6. The highest BCUT2D eigenvalue weighted by molar-refractivity contribution is 7.18. The molecule has 0 saturated heterocycles. The maximum atomic E-state index is 13.1. The lowest BCUT2D eigenvalue weighted by Gasteiger charge is -2.35. The van der Waals surface area contributed by atoms with Crippen molar-refractivity contribution in [1.82, 2.24) is 9.88 Å². The standard InChI is InChI=1S/C21H18N2OS3/c24-20(8-7-19-22-15-4-1-2-5-17(15)27-19)23-11-9-16-14(10-13-26-16)21(23)18-6-3-12-25-18/h1-6,10,12-13,21H,7-9,11H2. The van der Waals surface area contributed by atoms with Crippen LogP contribution < -0.4 is 0 Å². The molecular formula is C21H18N2OS3. The van der Waals surface area contributed by atoms with Crippen LogP contribution in [0, 0.1) is 0 Å². The third-order valence-electron chi connectivity index (χ3n) is 4.99. The number of nitrogens with zero attached hydrogens (tertiary/aromatic N) is 2. The first-order valence-electron chi connectivity index (χ1n) is 9.03. The van der Waals surface area contributed by atoms with Crippen LogP contribution in [0.4, 0.5) is 0 Å². The van der Waals surface area contributed by atoms with Crippen LogP contribution in [0.25, 0.3) is 10.2 Å². The number of carbonyl (C=O) groups is 1. The zero-order valence-corrected chi connectivity index (χ0v) is 17.1. The van der Waals surface area contributed by atoms with Crippen LogP contribution in [-0.2, 0) is 17.6 Å². The summed E-state index contributed by atoms with van der Waals surface area (Å²) in [6.45, 7) is 0.800. The Labute approximate surface area is 169 Å². The van der Waals surface area contributed by atoms with E-state index < -0.39 is 0 Å². The van der Waals surface area contributed by atoms with Crippen LogP contribution in [0.2, 0.25) is 0 Å². The predicted molar refractivity (Wildman–Crippen MR) is 114 cm³/mol. The Kier molecular flexibility index (Phi) is 4.55.